The predicted octanol–water partition coefficient (Wildman–Crippen LogP) is 1.36. The Kier molecular flexibility index (Phi) is 5.63. The van der Waals surface area contributed by atoms with Gasteiger partial charge in [0.2, 0.25) is 5.91 Å². The molecule has 1 unspecified atom stereocenters. The Morgan fingerprint density at radius 3 is 2.44 bits per heavy atom. The Morgan fingerprint density at radius 1 is 1.11 bits per heavy atom. The molecule has 0 radical (unpaired) electrons. The van der Waals surface area contributed by atoms with Crippen molar-refractivity contribution in [1.82, 2.24) is 5.32 Å². The number of ether oxygens (including phenoxy) is 1. The molecule has 0 aromatic heterocycles. The minimum Gasteiger partial charge on any atom is -0.381 e. The molecule has 104 valence electrons. The van der Waals surface area contributed by atoms with Crippen LogP contribution in [0.25, 0.3) is 0 Å². The number of nitrogens with one attached hydrogen (secondary N) is 1. The highest BCUT2D eigenvalue weighted by atomic mass is 32.2. The molecule has 1 heterocycles. The van der Waals surface area contributed by atoms with Gasteiger partial charge in [0.15, 0.2) is 0 Å². The van der Waals surface area contributed by atoms with E-state index in [2.05, 4.69) is 5.32 Å². The quantitative estimate of drug-likeness (QED) is 0.841. The molecule has 1 aliphatic carbocycles. The minimum absolute atomic E-state index is 0.0354. The van der Waals surface area contributed by atoms with Gasteiger partial charge < -0.3 is 10.1 Å². The van der Waals surface area contributed by atoms with Gasteiger partial charge in [0, 0.05) is 35.3 Å². The third-order valence-electron chi connectivity index (χ3n) is 3.78. The molecule has 2 fully saturated rings. The molecular weight excluding hydrogens is 250 g/mol. The lowest BCUT2D eigenvalue weighted by Gasteiger charge is -2.24. The lowest BCUT2D eigenvalue weighted by Crippen LogP contribution is -2.40. The smallest absolute Gasteiger partial charge is 0.232 e. The van der Waals surface area contributed by atoms with Crippen molar-refractivity contribution in [3.63, 3.8) is 0 Å². The molecule has 5 heteroatoms. The lowest BCUT2D eigenvalue weighted by molar-refractivity contribution is -0.119. The standard InChI is InChI=1S/C13H23NO3S/c15-13(14-11-4-2-1-3-5-11)10-18(16)12-6-8-17-9-7-12/h11-12H,1-10H2,(H,14,15). The van der Waals surface area contributed by atoms with Gasteiger partial charge in [-0.1, -0.05) is 19.3 Å². The first-order valence-electron chi connectivity index (χ1n) is 7.00. The van der Waals surface area contributed by atoms with Crippen molar-refractivity contribution in [2.45, 2.75) is 56.2 Å². The molecular formula is C13H23NO3S. The van der Waals surface area contributed by atoms with Crippen LogP contribution in [0.15, 0.2) is 0 Å². The van der Waals surface area contributed by atoms with E-state index in [0.29, 0.717) is 19.3 Å². The minimum atomic E-state index is -1.03. The monoisotopic (exact) mass is 273 g/mol. The van der Waals surface area contributed by atoms with E-state index in [0.717, 1.165) is 25.7 Å². The molecule has 0 aromatic carbocycles. The Morgan fingerprint density at radius 2 is 1.78 bits per heavy atom. The maximum absolute atomic E-state index is 12.0. The largest absolute Gasteiger partial charge is 0.381 e. The number of hydrogen-bond donors (Lipinski definition) is 1. The summed E-state index contributed by atoms with van der Waals surface area (Å²) in [7, 11) is -1.03. The van der Waals surface area contributed by atoms with E-state index in [1.54, 1.807) is 0 Å². The van der Waals surface area contributed by atoms with E-state index in [4.69, 9.17) is 4.74 Å². The maximum atomic E-state index is 12.0. The first-order valence-corrected chi connectivity index (χ1v) is 8.38. The van der Waals surface area contributed by atoms with Gasteiger partial charge in [-0.05, 0) is 25.7 Å². The van der Waals surface area contributed by atoms with E-state index in [-0.39, 0.29) is 16.9 Å². The summed E-state index contributed by atoms with van der Waals surface area (Å²) >= 11 is 0. The second kappa shape index (κ2) is 7.24. The molecule has 0 bridgehead atoms. The van der Waals surface area contributed by atoms with E-state index in [1.165, 1.54) is 19.3 Å². The van der Waals surface area contributed by atoms with Gasteiger partial charge >= 0.3 is 0 Å². The average Bonchev–Trinajstić information content (AvgIpc) is 2.40. The van der Waals surface area contributed by atoms with Crippen molar-refractivity contribution in [3.8, 4) is 0 Å². The van der Waals surface area contributed by atoms with Crippen LogP contribution >= 0.6 is 0 Å². The Balaban J connectivity index is 1.70. The summed E-state index contributed by atoms with van der Waals surface area (Å²) < 4.78 is 17.3. The average molecular weight is 273 g/mol. The molecule has 1 N–H and O–H groups in total. The summed E-state index contributed by atoms with van der Waals surface area (Å²) in [5, 5.41) is 3.17. The van der Waals surface area contributed by atoms with Crippen LogP contribution in [0.2, 0.25) is 0 Å². The summed E-state index contributed by atoms with van der Waals surface area (Å²) in [6, 6.07) is 0.318. The summed E-state index contributed by atoms with van der Waals surface area (Å²) in [4.78, 5) is 11.8. The zero-order valence-electron chi connectivity index (χ0n) is 10.9. The van der Waals surface area contributed by atoms with Gasteiger partial charge in [0.1, 0.15) is 5.75 Å². The molecule has 1 aliphatic heterocycles. The highest BCUT2D eigenvalue weighted by Crippen LogP contribution is 2.17. The van der Waals surface area contributed by atoms with Crippen LogP contribution in [0.3, 0.4) is 0 Å². The Labute approximate surface area is 111 Å². The van der Waals surface area contributed by atoms with Crippen LogP contribution in [0.5, 0.6) is 0 Å². The number of carbonyl (C=O) groups excluding carboxylic acids is 1. The Hall–Kier alpha value is -0.420. The third kappa shape index (κ3) is 4.35. The van der Waals surface area contributed by atoms with Crippen LogP contribution in [0.1, 0.15) is 44.9 Å². The van der Waals surface area contributed by atoms with E-state index in [1.807, 2.05) is 0 Å². The molecule has 1 atom stereocenters. The molecule has 1 saturated carbocycles. The molecule has 4 nitrogen and oxygen atoms in total. The topological polar surface area (TPSA) is 55.4 Å². The summed E-state index contributed by atoms with van der Waals surface area (Å²) in [5.74, 6) is 0.132. The van der Waals surface area contributed by atoms with E-state index >= 15 is 0 Å². The fourth-order valence-electron chi connectivity index (χ4n) is 2.70. The summed E-state index contributed by atoms with van der Waals surface area (Å²) in [5.41, 5.74) is 0. The summed E-state index contributed by atoms with van der Waals surface area (Å²) in [6.07, 6.45) is 7.49. The van der Waals surface area contributed by atoms with Crippen LogP contribution in [0, 0.1) is 0 Å². The van der Waals surface area contributed by atoms with Crippen molar-refractivity contribution < 1.29 is 13.7 Å². The summed E-state index contributed by atoms with van der Waals surface area (Å²) in [6.45, 7) is 1.36. The fraction of sp³-hybridized carbons (Fsp3) is 0.923. The van der Waals surface area contributed by atoms with Gasteiger partial charge in [0.25, 0.3) is 0 Å². The zero-order valence-corrected chi connectivity index (χ0v) is 11.7. The number of amides is 1. The zero-order chi connectivity index (χ0) is 12.8. The van der Waals surface area contributed by atoms with Crippen molar-refractivity contribution in [2.24, 2.45) is 0 Å². The normalized spacial score (nSPS) is 24.7. The molecule has 18 heavy (non-hydrogen) atoms. The van der Waals surface area contributed by atoms with Crippen molar-refractivity contribution in [1.29, 1.82) is 0 Å². The number of rotatable bonds is 4. The van der Waals surface area contributed by atoms with Crippen molar-refractivity contribution >= 4 is 16.7 Å². The van der Waals surface area contributed by atoms with E-state index in [9.17, 15) is 9.00 Å². The predicted molar refractivity (Wildman–Crippen MR) is 71.9 cm³/mol. The fourth-order valence-corrected chi connectivity index (χ4v) is 4.00. The molecule has 0 aromatic rings. The molecule has 2 aliphatic rings. The van der Waals surface area contributed by atoms with Crippen LogP contribution in [0.4, 0.5) is 0 Å². The number of carbonyl (C=O) groups is 1. The first-order chi connectivity index (χ1) is 8.75. The number of hydrogen-bond acceptors (Lipinski definition) is 3. The van der Waals surface area contributed by atoms with Gasteiger partial charge in [-0.3, -0.25) is 9.00 Å². The second-order valence-electron chi connectivity index (χ2n) is 5.24. The molecule has 2 rings (SSSR count). The lowest BCUT2D eigenvalue weighted by atomic mass is 9.95. The van der Waals surface area contributed by atoms with Crippen molar-refractivity contribution in [2.75, 3.05) is 19.0 Å². The van der Waals surface area contributed by atoms with Crippen LogP contribution in [-0.2, 0) is 20.3 Å². The Bertz CT molecular complexity index is 297. The second-order valence-corrected chi connectivity index (χ2v) is 6.96. The highest BCUT2D eigenvalue weighted by molar-refractivity contribution is 7.86. The maximum Gasteiger partial charge on any atom is 0.232 e. The van der Waals surface area contributed by atoms with Crippen LogP contribution < -0.4 is 5.32 Å². The van der Waals surface area contributed by atoms with Crippen LogP contribution in [-0.4, -0.2) is 40.4 Å². The van der Waals surface area contributed by atoms with Gasteiger partial charge in [-0.25, -0.2) is 0 Å². The van der Waals surface area contributed by atoms with E-state index < -0.39 is 10.8 Å². The van der Waals surface area contributed by atoms with Gasteiger partial charge in [-0.2, -0.15) is 0 Å². The third-order valence-corrected chi connectivity index (χ3v) is 5.55. The highest BCUT2D eigenvalue weighted by Gasteiger charge is 2.23. The first kappa shape index (κ1) is 14.0. The van der Waals surface area contributed by atoms with Gasteiger partial charge in [0.05, 0.1) is 0 Å². The molecule has 1 amide bonds. The van der Waals surface area contributed by atoms with Gasteiger partial charge in [-0.15, -0.1) is 0 Å². The van der Waals surface area contributed by atoms with Crippen molar-refractivity contribution in [3.05, 3.63) is 0 Å². The molecule has 0 spiro atoms. The molecule has 1 saturated heterocycles. The SMILES string of the molecule is O=C(CS(=O)C1CCOCC1)NC1CCCCC1.